The Morgan fingerprint density at radius 2 is 1.76 bits per heavy atom. The zero-order valence-corrected chi connectivity index (χ0v) is 12.1. The number of nitrogens with two attached hydrogens (primary N) is 1. The third-order valence-electron chi connectivity index (χ3n) is 3.80. The van der Waals surface area contributed by atoms with Crippen LogP contribution in [0.3, 0.4) is 0 Å². The van der Waals surface area contributed by atoms with Crippen LogP contribution in [0.4, 0.5) is 0 Å². The lowest BCUT2D eigenvalue weighted by Gasteiger charge is -2.30. The fourth-order valence-electron chi connectivity index (χ4n) is 2.67. The minimum Gasteiger partial charge on any atom is -0.392 e. The van der Waals surface area contributed by atoms with Gasteiger partial charge in [-0.3, -0.25) is 4.90 Å². The van der Waals surface area contributed by atoms with E-state index in [0.29, 0.717) is 11.0 Å². The Bertz CT molecular complexity index is 223. The molecule has 2 N–H and O–H groups in total. The molecule has 0 bridgehead atoms. The summed E-state index contributed by atoms with van der Waals surface area (Å²) in [6.07, 6.45) is 5.37. The molecule has 4 heteroatoms. The van der Waals surface area contributed by atoms with Gasteiger partial charge in [-0.15, -0.1) is 0 Å². The average molecular weight is 257 g/mol. The van der Waals surface area contributed by atoms with Crippen LogP contribution in [0.2, 0.25) is 0 Å². The van der Waals surface area contributed by atoms with Gasteiger partial charge in [0.1, 0.15) is 0 Å². The second kappa shape index (κ2) is 8.01. The molecule has 0 spiro atoms. The Kier molecular flexibility index (Phi) is 7.00. The van der Waals surface area contributed by atoms with Crippen molar-refractivity contribution in [1.29, 1.82) is 0 Å². The summed E-state index contributed by atoms with van der Waals surface area (Å²) in [5.41, 5.74) is 5.71. The summed E-state index contributed by atoms with van der Waals surface area (Å²) in [6.45, 7) is 9.72. The average Bonchev–Trinajstić information content (AvgIpc) is 2.81. The van der Waals surface area contributed by atoms with Gasteiger partial charge in [0.25, 0.3) is 0 Å². The monoisotopic (exact) mass is 257 g/mol. The molecule has 0 aromatic rings. The highest BCUT2D eigenvalue weighted by Gasteiger charge is 2.22. The van der Waals surface area contributed by atoms with Crippen molar-refractivity contribution < 1.29 is 0 Å². The lowest BCUT2D eigenvalue weighted by molar-refractivity contribution is 0.186. The largest absolute Gasteiger partial charge is 0.392 e. The number of nitrogens with zero attached hydrogens (tertiary/aromatic N) is 2. The number of likely N-dealkylation sites (N-methyl/N-ethyl adjacent to an activating group) is 1. The second-order valence-electron chi connectivity index (χ2n) is 4.90. The Labute approximate surface area is 111 Å². The molecular formula is C13H27N3S. The maximum Gasteiger partial charge on any atom is 0.0870 e. The van der Waals surface area contributed by atoms with Crippen LogP contribution in [0.15, 0.2) is 0 Å². The molecule has 0 saturated heterocycles. The van der Waals surface area contributed by atoms with Gasteiger partial charge in [-0.2, -0.15) is 0 Å². The smallest absolute Gasteiger partial charge is 0.0870 e. The van der Waals surface area contributed by atoms with E-state index < -0.39 is 0 Å². The number of hydrogen-bond acceptors (Lipinski definition) is 3. The molecule has 0 amide bonds. The van der Waals surface area contributed by atoms with Crippen LogP contribution in [-0.4, -0.2) is 53.6 Å². The predicted molar refractivity (Wildman–Crippen MR) is 78.4 cm³/mol. The van der Waals surface area contributed by atoms with Crippen LogP contribution in [0, 0.1) is 0 Å². The molecule has 100 valence electrons. The quantitative estimate of drug-likeness (QED) is 0.673. The molecule has 0 atom stereocenters. The van der Waals surface area contributed by atoms with Gasteiger partial charge in [0, 0.05) is 25.7 Å². The summed E-state index contributed by atoms with van der Waals surface area (Å²) >= 11 is 5.07. The van der Waals surface area contributed by atoms with Crippen LogP contribution in [0.5, 0.6) is 0 Å². The van der Waals surface area contributed by atoms with Crippen LogP contribution in [0.1, 0.15) is 39.5 Å². The van der Waals surface area contributed by atoms with Crippen molar-refractivity contribution >= 4 is 17.2 Å². The molecule has 1 aliphatic carbocycles. The van der Waals surface area contributed by atoms with Gasteiger partial charge in [0.2, 0.25) is 0 Å². The van der Waals surface area contributed by atoms with Crippen molar-refractivity contribution in [3.8, 4) is 0 Å². The molecule has 17 heavy (non-hydrogen) atoms. The third-order valence-corrected chi connectivity index (χ3v) is 3.93. The number of hydrogen-bond donors (Lipinski definition) is 1. The van der Waals surface area contributed by atoms with Gasteiger partial charge in [-0.05, 0) is 25.9 Å². The maximum atomic E-state index is 5.71. The van der Waals surface area contributed by atoms with Crippen molar-refractivity contribution in [1.82, 2.24) is 9.80 Å². The Morgan fingerprint density at radius 3 is 2.24 bits per heavy atom. The van der Waals surface area contributed by atoms with Gasteiger partial charge in [0.05, 0.1) is 4.99 Å². The molecule has 0 unspecified atom stereocenters. The van der Waals surface area contributed by atoms with Crippen LogP contribution in [-0.2, 0) is 0 Å². The first-order valence-electron chi connectivity index (χ1n) is 6.92. The highest BCUT2D eigenvalue weighted by atomic mass is 32.1. The van der Waals surface area contributed by atoms with E-state index in [2.05, 4.69) is 23.6 Å². The third kappa shape index (κ3) is 5.32. The van der Waals surface area contributed by atoms with Gasteiger partial charge in [-0.1, -0.05) is 38.9 Å². The van der Waals surface area contributed by atoms with Gasteiger partial charge < -0.3 is 10.6 Å². The fourth-order valence-corrected chi connectivity index (χ4v) is 2.84. The summed E-state index contributed by atoms with van der Waals surface area (Å²) in [5.74, 6) is 0. The summed E-state index contributed by atoms with van der Waals surface area (Å²) in [6, 6.07) is 0.715. The van der Waals surface area contributed by atoms with Crippen molar-refractivity contribution in [3.63, 3.8) is 0 Å². The normalized spacial score (nSPS) is 17.2. The second-order valence-corrected chi connectivity index (χ2v) is 5.43. The van der Waals surface area contributed by atoms with E-state index in [1.165, 1.54) is 25.7 Å². The molecule has 0 aliphatic heterocycles. The minimum atomic E-state index is 0.636. The van der Waals surface area contributed by atoms with Crippen molar-refractivity contribution in [3.05, 3.63) is 0 Å². The number of thiocarbonyl (C=S) groups is 1. The predicted octanol–water partition coefficient (Wildman–Crippen LogP) is 1.86. The van der Waals surface area contributed by atoms with Crippen molar-refractivity contribution in [2.75, 3.05) is 32.7 Å². The molecule has 0 aromatic heterocycles. The minimum absolute atomic E-state index is 0.636. The van der Waals surface area contributed by atoms with E-state index in [1.807, 2.05) is 0 Å². The summed E-state index contributed by atoms with van der Waals surface area (Å²) in [4.78, 5) is 5.59. The van der Waals surface area contributed by atoms with E-state index in [1.54, 1.807) is 0 Å². The standard InChI is InChI=1S/C13H27N3S/c1-3-15(4-2)9-10-16(11-13(14)17)12-7-5-6-8-12/h12H,3-11H2,1-2H3,(H2,14,17). The first-order valence-corrected chi connectivity index (χ1v) is 7.32. The molecule has 1 saturated carbocycles. The molecular weight excluding hydrogens is 230 g/mol. The zero-order chi connectivity index (χ0) is 12.7. The van der Waals surface area contributed by atoms with Crippen LogP contribution in [0.25, 0.3) is 0 Å². The molecule has 3 nitrogen and oxygen atoms in total. The fraction of sp³-hybridized carbons (Fsp3) is 0.923. The Morgan fingerprint density at radius 1 is 1.18 bits per heavy atom. The lowest BCUT2D eigenvalue weighted by Crippen LogP contribution is -2.43. The first kappa shape index (κ1) is 14.9. The van der Waals surface area contributed by atoms with Crippen LogP contribution < -0.4 is 5.73 Å². The molecule has 1 rings (SSSR count). The van der Waals surface area contributed by atoms with Crippen molar-refractivity contribution in [2.45, 2.75) is 45.6 Å². The SMILES string of the molecule is CCN(CC)CCN(CC(N)=S)C1CCCC1. The maximum absolute atomic E-state index is 5.71. The topological polar surface area (TPSA) is 32.5 Å². The summed E-state index contributed by atoms with van der Waals surface area (Å²) < 4.78 is 0. The highest BCUT2D eigenvalue weighted by molar-refractivity contribution is 7.80. The lowest BCUT2D eigenvalue weighted by atomic mass is 10.2. The van der Waals surface area contributed by atoms with E-state index in [9.17, 15) is 0 Å². The zero-order valence-electron chi connectivity index (χ0n) is 11.3. The summed E-state index contributed by atoms with van der Waals surface area (Å²) in [7, 11) is 0. The van der Waals surface area contributed by atoms with E-state index >= 15 is 0 Å². The van der Waals surface area contributed by atoms with E-state index in [4.69, 9.17) is 18.0 Å². The van der Waals surface area contributed by atoms with Gasteiger partial charge >= 0.3 is 0 Å². The van der Waals surface area contributed by atoms with Crippen molar-refractivity contribution in [2.24, 2.45) is 5.73 Å². The van der Waals surface area contributed by atoms with Crippen LogP contribution >= 0.6 is 12.2 Å². The molecule has 1 aliphatic rings. The first-order chi connectivity index (χ1) is 8.17. The highest BCUT2D eigenvalue weighted by Crippen LogP contribution is 2.23. The Hall–Kier alpha value is -0.190. The molecule has 0 radical (unpaired) electrons. The molecule has 0 aromatic carbocycles. The van der Waals surface area contributed by atoms with E-state index in [-0.39, 0.29) is 0 Å². The van der Waals surface area contributed by atoms with E-state index in [0.717, 1.165) is 32.7 Å². The van der Waals surface area contributed by atoms with Gasteiger partial charge in [0.15, 0.2) is 0 Å². The number of rotatable bonds is 8. The molecule has 0 heterocycles. The molecule has 1 fully saturated rings. The summed E-state index contributed by atoms with van der Waals surface area (Å²) in [5, 5.41) is 0. The van der Waals surface area contributed by atoms with Gasteiger partial charge in [-0.25, -0.2) is 0 Å². The Balaban J connectivity index is 2.42.